The molecule has 4 aromatic heterocycles. The van der Waals surface area contributed by atoms with Crippen LogP contribution in [0.25, 0.3) is 20.4 Å². The Kier molecular flexibility index (Phi) is 15.5. The monoisotopic (exact) mass is 1180 g/mol. The van der Waals surface area contributed by atoms with Crippen LogP contribution in [0.5, 0.6) is 0 Å². The van der Waals surface area contributed by atoms with Gasteiger partial charge in [-0.1, -0.05) is 77.3 Å². The van der Waals surface area contributed by atoms with E-state index >= 15 is 0 Å². The lowest BCUT2D eigenvalue weighted by Crippen LogP contribution is -2.41. The predicted octanol–water partition coefficient (Wildman–Crippen LogP) is 12.0. The van der Waals surface area contributed by atoms with Gasteiger partial charge in [0.2, 0.25) is 0 Å². The summed E-state index contributed by atoms with van der Waals surface area (Å²) in [6.07, 6.45) is 1.48. The van der Waals surface area contributed by atoms with Crippen LogP contribution < -0.4 is 25.9 Å². The van der Waals surface area contributed by atoms with Crippen molar-refractivity contribution in [2.24, 2.45) is 0 Å². The Morgan fingerprint density at radius 2 is 1.01 bits per heavy atom. The van der Waals surface area contributed by atoms with Gasteiger partial charge in [-0.25, -0.2) is 29.5 Å². The molecule has 0 unspecified atom stereocenters. The van der Waals surface area contributed by atoms with Crippen molar-refractivity contribution in [3.05, 3.63) is 158 Å². The van der Waals surface area contributed by atoms with E-state index in [4.69, 9.17) is 23.8 Å². The number of nitrogens with zero attached hydrogens (tertiary/aromatic N) is 6. The maximum absolute atomic E-state index is 13.5. The quantitative estimate of drug-likeness (QED) is 0.103. The second-order valence-electron chi connectivity index (χ2n) is 22.8. The van der Waals surface area contributed by atoms with Crippen molar-refractivity contribution in [1.29, 1.82) is 0 Å². The molecule has 0 bridgehead atoms. The fourth-order valence-electron chi connectivity index (χ4n) is 9.52. The molecule has 4 aromatic carbocycles. The Morgan fingerprint density at radius 3 is 1.48 bits per heavy atom. The number of benzene rings is 4. The molecule has 20 heteroatoms. The van der Waals surface area contributed by atoms with Crippen molar-refractivity contribution >= 4 is 117 Å². The second kappa shape index (κ2) is 22.1. The van der Waals surface area contributed by atoms with Gasteiger partial charge in [0.15, 0.2) is 21.7 Å². The predicted molar refractivity (Wildman–Crippen MR) is 320 cm³/mol. The zero-order valence-corrected chi connectivity index (χ0v) is 49.6. The van der Waals surface area contributed by atoms with Crippen LogP contribution in [0.2, 0.25) is 0 Å². The standard InChI is InChI=1S/C33H37BN4O5S.C27H25BrN4O3S/c1-31(2,3)41-29(40)27-23(34-42-32(4,5)33(6,7)43-34)15-16-26(36-27)38-18-17-20-11-10-12-21(22(20)19-38)28(39)37-30-35-24-13-8-9-14-25(24)44-30;1-27(2,3)35-25(34)23-19(28)11-12-22(30-23)32-14-13-16-7-6-8-17(18(16)15-32)24(33)31-26-29-20-9-4-5-10-21(20)36-26/h8-16H,17-19H2,1-7H3,(H,35,37,39);4-12H,13-15H2,1-3H3,(H,29,31,33). The Bertz CT molecular complexity index is 3640. The van der Waals surface area contributed by atoms with E-state index in [9.17, 15) is 19.2 Å². The second-order valence-corrected chi connectivity index (χ2v) is 25.7. The molecule has 16 nitrogen and oxygen atoms in total. The van der Waals surface area contributed by atoms with Crippen LogP contribution >= 0.6 is 38.6 Å². The van der Waals surface area contributed by atoms with Crippen LogP contribution in [-0.4, -0.2) is 86.3 Å². The van der Waals surface area contributed by atoms with Gasteiger partial charge >= 0.3 is 19.1 Å². The molecule has 8 aromatic rings. The van der Waals surface area contributed by atoms with E-state index in [-0.39, 0.29) is 23.2 Å². The summed E-state index contributed by atoms with van der Waals surface area (Å²) in [5.41, 5.74) is 5.45. The summed E-state index contributed by atoms with van der Waals surface area (Å²) < 4.78 is 26.5. The lowest BCUT2D eigenvalue weighted by atomic mass is 9.77. The summed E-state index contributed by atoms with van der Waals surface area (Å²) in [5.74, 6) is -0.154. The fourth-order valence-corrected chi connectivity index (χ4v) is 11.6. The number of rotatable bonds is 9. The van der Waals surface area contributed by atoms with E-state index in [1.165, 1.54) is 22.7 Å². The molecule has 80 heavy (non-hydrogen) atoms. The first-order chi connectivity index (χ1) is 37.9. The maximum atomic E-state index is 13.5. The zero-order chi connectivity index (χ0) is 56.9. The van der Waals surface area contributed by atoms with E-state index in [0.29, 0.717) is 62.6 Å². The van der Waals surface area contributed by atoms with Crippen molar-refractivity contribution in [1.82, 2.24) is 19.9 Å². The minimum Gasteiger partial charge on any atom is -0.455 e. The molecule has 0 saturated carbocycles. The zero-order valence-electron chi connectivity index (χ0n) is 46.4. The van der Waals surface area contributed by atoms with Gasteiger partial charge in [-0.05, 0) is 175 Å². The minimum absolute atomic E-state index is 0.156. The first kappa shape index (κ1) is 56.2. The first-order valence-corrected chi connectivity index (χ1v) is 28.9. The molecule has 0 aliphatic carbocycles. The summed E-state index contributed by atoms with van der Waals surface area (Å²) in [5, 5.41) is 7.10. The van der Waals surface area contributed by atoms with Gasteiger partial charge in [0.25, 0.3) is 11.8 Å². The molecule has 11 rings (SSSR count). The Balaban J connectivity index is 0.000000184. The van der Waals surface area contributed by atoms with Crippen LogP contribution in [0.4, 0.5) is 21.9 Å². The van der Waals surface area contributed by atoms with E-state index in [1.807, 2.05) is 166 Å². The number of thiazole rings is 2. The van der Waals surface area contributed by atoms with E-state index in [1.54, 1.807) is 0 Å². The number of pyridine rings is 2. The molecule has 1 saturated heterocycles. The number of hydrogen-bond acceptors (Lipinski definition) is 16. The van der Waals surface area contributed by atoms with Crippen LogP contribution in [0.15, 0.2) is 114 Å². The minimum atomic E-state index is -0.774. The molecule has 0 atom stereocenters. The number of esters is 2. The third-order valence-electron chi connectivity index (χ3n) is 14.1. The molecule has 0 radical (unpaired) electrons. The maximum Gasteiger partial charge on any atom is 0.497 e. The highest BCUT2D eigenvalue weighted by atomic mass is 79.9. The molecule has 3 aliphatic heterocycles. The smallest absolute Gasteiger partial charge is 0.455 e. The lowest BCUT2D eigenvalue weighted by molar-refractivity contribution is 0.00506. The number of carbonyl (C=O) groups excluding carboxylic acids is 4. The molecule has 1 fully saturated rings. The molecule has 412 valence electrons. The largest absolute Gasteiger partial charge is 0.497 e. The highest BCUT2D eigenvalue weighted by molar-refractivity contribution is 9.10. The van der Waals surface area contributed by atoms with E-state index in [2.05, 4.69) is 63.4 Å². The number of ether oxygens (including phenoxy) is 2. The summed E-state index contributed by atoms with van der Waals surface area (Å²) in [7, 11) is -0.774. The molecule has 2 N–H and O–H groups in total. The van der Waals surface area contributed by atoms with Gasteiger partial charge in [0.05, 0.1) is 36.1 Å². The highest BCUT2D eigenvalue weighted by Crippen LogP contribution is 2.38. The van der Waals surface area contributed by atoms with Gasteiger partial charge in [0, 0.05) is 42.8 Å². The summed E-state index contributed by atoms with van der Waals surface area (Å²) in [6, 6.07) is 34.6. The number of carbonyl (C=O) groups is 4. The topological polar surface area (TPSA) is 187 Å². The number of para-hydroxylation sites is 2. The summed E-state index contributed by atoms with van der Waals surface area (Å²) >= 11 is 6.32. The van der Waals surface area contributed by atoms with Crippen molar-refractivity contribution in [3.63, 3.8) is 0 Å². The SMILES string of the molecule is CC(C)(C)OC(=O)c1nc(N2CCc3cccc(C(=O)Nc4nc5ccccc5s4)c3C2)ccc1B1OC(C)(C)C(C)(C)O1.CC(C)(C)OC(=O)c1nc(N2CCc3cccc(C(=O)Nc4nc5ccccc5s4)c3C2)ccc1Br. The van der Waals surface area contributed by atoms with Crippen LogP contribution in [0.1, 0.15) is 133 Å². The molecule has 0 spiro atoms. The van der Waals surface area contributed by atoms with Gasteiger partial charge in [0.1, 0.15) is 22.8 Å². The number of hydrogen-bond donors (Lipinski definition) is 2. The number of anilines is 4. The Hall–Kier alpha value is -7.10. The van der Waals surface area contributed by atoms with Crippen molar-refractivity contribution in [2.45, 2.75) is 118 Å². The molecular formula is C60H62BBrN8O8S2. The number of amides is 2. The normalized spacial score (nSPS) is 15.6. The van der Waals surface area contributed by atoms with Crippen molar-refractivity contribution < 1.29 is 38.0 Å². The molecule has 3 aliphatic rings. The Labute approximate surface area is 481 Å². The Morgan fingerprint density at radius 1 is 0.575 bits per heavy atom. The van der Waals surface area contributed by atoms with E-state index in [0.717, 1.165) is 62.1 Å². The van der Waals surface area contributed by atoms with Gasteiger partial charge in [-0.3, -0.25) is 20.2 Å². The number of aromatic nitrogens is 4. The van der Waals surface area contributed by atoms with Crippen LogP contribution in [-0.2, 0) is 44.7 Å². The fraction of sp³-hybridized carbons (Fsp3) is 0.333. The van der Waals surface area contributed by atoms with E-state index < -0.39 is 41.5 Å². The molecule has 7 heterocycles. The van der Waals surface area contributed by atoms with Gasteiger partial charge < -0.3 is 28.6 Å². The first-order valence-electron chi connectivity index (χ1n) is 26.4. The number of fused-ring (bicyclic) bond motifs is 4. The third-order valence-corrected chi connectivity index (χ3v) is 16.7. The van der Waals surface area contributed by atoms with Gasteiger partial charge in [-0.2, -0.15) is 0 Å². The highest BCUT2D eigenvalue weighted by Gasteiger charge is 2.53. The third kappa shape index (κ3) is 12.3. The lowest BCUT2D eigenvalue weighted by Gasteiger charge is -2.32. The van der Waals surface area contributed by atoms with Crippen LogP contribution in [0, 0.1) is 0 Å². The summed E-state index contributed by atoms with van der Waals surface area (Å²) in [4.78, 5) is 75.7. The van der Waals surface area contributed by atoms with Gasteiger partial charge in [-0.15, -0.1) is 0 Å². The summed E-state index contributed by atoms with van der Waals surface area (Å²) in [6.45, 7) is 21.2. The number of nitrogens with one attached hydrogen (secondary N) is 2. The number of halogens is 1. The molecular weight excluding hydrogens is 1120 g/mol. The average Bonchev–Trinajstić information content (AvgIpc) is 4.08. The van der Waals surface area contributed by atoms with Crippen molar-refractivity contribution in [2.75, 3.05) is 33.5 Å². The van der Waals surface area contributed by atoms with Crippen molar-refractivity contribution in [3.8, 4) is 0 Å². The van der Waals surface area contributed by atoms with Crippen LogP contribution in [0.3, 0.4) is 0 Å². The molecule has 2 amide bonds. The average molecular weight is 1180 g/mol.